The van der Waals surface area contributed by atoms with E-state index in [1.807, 2.05) is 0 Å². The van der Waals surface area contributed by atoms with Crippen LogP contribution >= 0.6 is 0 Å². The molecule has 1 aliphatic carbocycles. The van der Waals surface area contributed by atoms with Gasteiger partial charge in [0.2, 0.25) is 0 Å². The number of hydrogen-bond acceptors (Lipinski definition) is 2. The van der Waals surface area contributed by atoms with Crippen molar-refractivity contribution in [2.75, 3.05) is 19.6 Å². The van der Waals surface area contributed by atoms with Crippen LogP contribution in [0.25, 0.3) is 0 Å². The minimum Gasteiger partial charge on any atom is -0.330 e. The molecule has 0 aromatic carbocycles. The third-order valence-corrected chi connectivity index (χ3v) is 4.66. The average molecular weight is 210 g/mol. The molecule has 2 rings (SSSR count). The minimum atomic E-state index is 0.774. The standard InChI is InChI=1S/C13H26N2/c1-10-8-15(9-11(10)2)13-6-4-3-5-12(13)7-14/h10-13H,3-9,14H2,1-2H3. The molecule has 0 radical (unpaired) electrons. The first kappa shape index (κ1) is 11.4. The molecule has 0 spiro atoms. The SMILES string of the molecule is CC1CN(C2CCCCC2CN)CC1C. The van der Waals surface area contributed by atoms with Crippen LogP contribution in [0, 0.1) is 17.8 Å². The Morgan fingerprint density at radius 1 is 1.07 bits per heavy atom. The molecular weight excluding hydrogens is 184 g/mol. The molecule has 1 saturated heterocycles. The maximum Gasteiger partial charge on any atom is 0.0136 e. The quantitative estimate of drug-likeness (QED) is 0.756. The van der Waals surface area contributed by atoms with Gasteiger partial charge in [-0.2, -0.15) is 0 Å². The summed E-state index contributed by atoms with van der Waals surface area (Å²) < 4.78 is 0. The van der Waals surface area contributed by atoms with Gasteiger partial charge < -0.3 is 5.73 Å². The smallest absolute Gasteiger partial charge is 0.0136 e. The van der Waals surface area contributed by atoms with Crippen LogP contribution in [0.4, 0.5) is 0 Å². The second-order valence-corrected chi connectivity index (χ2v) is 5.76. The molecule has 88 valence electrons. The van der Waals surface area contributed by atoms with Crippen molar-refractivity contribution in [1.29, 1.82) is 0 Å². The van der Waals surface area contributed by atoms with E-state index in [1.54, 1.807) is 0 Å². The van der Waals surface area contributed by atoms with Gasteiger partial charge >= 0.3 is 0 Å². The number of hydrogen-bond donors (Lipinski definition) is 1. The normalized spacial score (nSPS) is 43.4. The largest absolute Gasteiger partial charge is 0.330 e. The van der Waals surface area contributed by atoms with E-state index < -0.39 is 0 Å². The number of nitrogens with two attached hydrogens (primary N) is 1. The Labute approximate surface area is 94.2 Å². The highest BCUT2D eigenvalue weighted by atomic mass is 15.2. The van der Waals surface area contributed by atoms with E-state index in [0.717, 1.165) is 30.3 Å². The van der Waals surface area contributed by atoms with Gasteiger partial charge in [0.25, 0.3) is 0 Å². The predicted octanol–water partition coefficient (Wildman–Crippen LogP) is 2.09. The van der Waals surface area contributed by atoms with Gasteiger partial charge in [-0.1, -0.05) is 26.7 Å². The fourth-order valence-electron chi connectivity index (χ4n) is 3.39. The molecule has 0 aromatic rings. The first-order valence-corrected chi connectivity index (χ1v) is 6.66. The second-order valence-electron chi connectivity index (χ2n) is 5.76. The molecule has 1 heterocycles. The van der Waals surface area contributed by atoms with E-state index >= 15 is 0 Å². The molecule has 1 aliphatic heterocycles. The van der Waals surface area contributed by atoms with Crippen molar-refractivity contribution in [1.82, 2.24) is 4.90 Å². The molecule has 0 amide bonds. The Hall–Kier alpha value is -0.0800. The fourth-order valence-corrected chi connectivity index (χ4v) is 3.39. The monoisotopic (exact) mass is 210 g/mol. The van der Waals surface area contributed by atoms with E-state index in [2.05, 4.69) is 18.7 Å². The molecule has 0 bridgehead atoms. The van der Waals surface area contributed by atoms with Crippen molar-refractivity contribution < 1.29 is 0 Å². The van der Waals surface area contributed by atoms with Crippen LogP contribution in [-0.2, 0) is 0 Å². The van der Waals surface area contributed by atoms with Crippen LogP contribution in [0.15, 0.2) is 0 Å². The van der Waals surface area contributed by atoms with E-state index in [1.165, 1.54) is 38.8 Å². The van der Waals surface area contributed by atoms with Crippen LogP contribution in [0.1, 0.15) is 39.5 Å². The molecule has 2 nitrogen and oxygen atoms in total. The maximum atomic E-state index is 5.90. The lowest BCUT2D eigenvalue weighted by Gasteiger charge is -2.37. The van der Waals surface area contributed by atoms with Gasteiger partial charge in [0.1, 0.15) is 0 Å². The lowest BCUT2D eigenvalue weighted by atomic mass is 9.83. The van der Waals surface area contributed by atoms with Gasteiger partial charge in [0.15, 0.2) is 0 Å². The van der Waals surface area contributed by atoms with Crippen LogP contribution in [-0.4, -0.2) is 30.6 Å². The summed E-state index contributed by atoms with van der Waals surface area (Å²) in [6.07, 6.45) is 5.57. The van der Waals surface area contributed by atoms with Gasteiger partial charge in [0, 0.05) is 19.1 Å². The highest BCUT2D eigenvalue weighted by Gasteiger charge is 2.35. The Balaban J connectivity index is 1.96. The lowest BCUT2D eigenvalue weighted by Crippen LogP contribution is -2.44. The number of rotatable bonds is 2. The summed E-state index contributed by atoms with van der Waals surface area (Å²) >= 11 is 0. The van der Waals surface area contributed by atoms with E-state index in [0.29, 0.717) is 0 Å². The third kappa shape index (κ3) is 2.36. The first-order chi connectivity index (χ1) is 7.22. The third-order valence-electron chi connectivity index (χ3n) is 4.66. The fraction of sp³-hybridized carbons (Fsp3) is 1.00. The summed E-state index contributed by atoms with van der Waals surface area (Å²) in [7, 11) is 0. The molecule has 0 aromatic heterocycles. The van der Waals surface area contributed by atoms with Gasteiger partial charge in [-0.25, -0.2) is 0 Å². The molecule has 2 aliphatic rings. The number of likely N-dealkylation sites (tertiary alicyclic amines) is 1. The second kappa shape index (κ2) is 4.84. The Bertz CT molecular complexity index is 195. The molecule has 15 heavy (non-hydrogen) atoms. The molecule has 1 saturated carbocycles. The van der Waals surface area contributed by atoms with Gasteiger partial charge in [0.05, 0.1) is 0 Å². The highest BCUT2D eigenvalue weighted by Crippen LogP contribution is 2.33. The zero-order valence-corrected chi connectivity index (χ0v) is 10.3. The van der Waals surface area contributed by atoms with E-state index in [-0.39, 0.29) is 0 Å². The topological polar surface area (TPSA) is 29.3 Å². The van der Waals surface area contributed by atoms with Gasteiger partial charge in [-0.15, -0.1) is 0 Å². The zero-order valence-electron chi connectivity index (χ0n) is 10.3. The van der Waals surface area contributed by atoms with Crippen LogP contribution in [0.3, 0.4) is 0 Å². The van der Waals surface area contributed by atoms with Crippen molar-refractivity contribution >= 4 is 0 Å². The molecular formula is C13H26N2. The Kier molecular flexibility index (Phi) is 3.68. The van der Waals surface area contributed by atoms with Crippen molar-refractivity contribution in [3.63, 3.8) is 0 Å². The number of nitrogens with zero attached hydrogens (tertiary/aromatic N) is 1. The lowest BCUT2D eigenvalue weighted by molar-refractivity contribution is 0.127. The van der Waals surface area contributed by atoms with Crippen LogP contribution in [0.2, 0.25) is 0 Å². The molecule has 2 N–H and O–H groups in total. The van der Waals surface area contributed by atoms with Crippen LogP contribution in [0.5, 0.6) is 0 Å². The summed E-state index contributed by atoms with van der Waals surface area (Å²) in [5, 5.41) is 0. The molecule has 2 heteroatoms. The Morgan fingerprint density at radius 2 is 1.67 bits per heavy atom. The summed E-state index contributed by atoms with van der Waals surface area (Å²) in [6.45, 7) is 8.30. The van der Waals surface area contributed by atoms with E-state index in [4.69, 9.17) is 5.73 Å². The van der Waals surface area contributed by atoms with Gasteiger partial charge in [-0.05, 0) is 37.1 Å². The minimum absolute atomic E-state index is 0.774. The maximum absolute atomic E-state index is 5.90. The van der Waals surface area contributed by atoms with E-state index in [9.17, 15) is 0 Å². The van der Waals surface area contributed by atoms with Gasteiger partial charge in [-0.3, -0.25) is 4.90 Å². The summed E-state index contributed by atoms with van der Waals surface area (Å²) in [6, 6.07) is 0.802. The van der Waals surface area contributed by atoms with Crippen molar-refractivity contribution in [3.05, 3.63) is 0 Å². The molecule has 4 unspecified atom stereocenters. The predicted molar refractivity (Wildman–Crippen MR) is 64.7 cm³/mol. The first-order valence-electron chi connectivity index (χ1n) is 6.66. The zero-order chi connectivity index (χ0) is 10.8. The van der Waals surface area contributed by atoms with Crippen molar-refractivity contribution in [2.45, 2.75) is 45.6 Å². The summed E-state index contributed by atoms with van der Waals surface area (Å²) in [5.74, 6) is 2.53. The molecule has 4 atom stereocenters. The summed E-state index contributed by atoms with van der Waals surface area (Å²) in [4.78, 5) is 2.73. The Morgan fingerprint density at radius 3 is 2.27 bits per heavy atom. The van der Waals surface area contributed by atoms with Crippen molar-refractivity contribution in [3.8, 4) is 0 Å². The average Bonchev–Trinajstić information content (AvgIpc) is 2.59. The summed E-state index contributed by atoms with van der Waals surface area (Å²) in [5.41, 5.74) is 5.90. The van der Waals surface area contributed by atoms with Crippen LogP contribution < -0.4 is 5.73 Å². The van der Waals surface area contributed by atoms with Crippen molar-refractivity contribution in [2.24, 2.45) is 23.5 Å². The molecule has 2 fully saturated rings. The highest BCUT2D eigenvalue weighted by molar-refractivity contribution is 4.89.